The van der Waals surface area contributed by atoms with Gasteiger partial charge in [-0.15, -0.1) is 0 Å². The second-order valence-corrected chi connectivity index (χ2v) is 10.5. The van der Waals surface area contributed by atoms with E-state index in [9.17, 15) is 25.9 Å². The van der Waals surface area contributed by atoms with Gasteiger partial charge in [0.15, 0.2) is 18.3 Å². The number of hydrogen-bond acceptors (Lipinski definition) is 10. The molecule has 2 aromatic carbocycles. The number of nitrogen functional groups attached to an aromatic ring is 2. The van der Waals surface area contributed by atoms with Crippen LogP contribution in [-0.4, -0.2) is 49.0 Å². The third kappa shape index (κ3) is 12.3. The molecule has 0 saturated heterocycles. The molecule has 0 aliphatic heterocycles. The molecule has 25 heavy (non-hydrogen) atoms. The molecule has 4 N–H and O–H groups in total. The summed E-state index contributed by atoms with van der Waals surface area (Å²) in [6.07, 6.45) is 0. The van der Waals surface area contributed by atoms with E-state index >= 15 is 0 Å². The Morgan fingerprint density at radius 2 is 0.880 bits per heavy atom. The van der Waals surface area contributed by atoms with Gasteiger partial charge in [-0.25, -0.2) is 16.8 Å². The molecule has 0 fully saturated rings. The summed E-state index contributed by atoms with van der Waals surface area (Å²) >= 11 is 0. The first-order valence-corrected chi connectivity index (χ1v) is 11.4. The number of nitrogens with two attached hydrogens (primary N) is 2. The van der Waals surface area contributed by atoms with Crippen LogP contribution in [-0.2, 0) is 18.3 Å². The largest absolute Gasteiger partial charge is 2.00 e. The van der Waals surface area contributed by atoms with Gasteiger partial charge in [-0.3, -0.25) is 0 Å². The van der Waals surface area contributed by atoms with Gasteiger partial charge in [-0.05, 0) is 70.1 Å². The van der Waals surface area contributed by atoms with Gasteiger partial charge < -0.3 is 20.6 Å². The van der Waals surface area contributed by atoms with Crippen molar-refractivity contribution in [1.82, 2.24) is 0 Å². The van der Waals surface area contributed by atoms with Crippen LogP contribution < -0.4 is 11.5 Å². The van der Waals surface area contributed by atoms with Gasteiger partial charge in [-0.2, -0.15) is 0 Å². The van der Waals surface area contributed by atoms with E-state index < -0.39 is 18.3 Å². The molecule has 0 spiro atoms. The molecule has 0 unspecified atom stereocenters. The second-order valence-electron chi connectivity index (χ2n) is 4.12. The molecule has 0 aromatic heterocycles. The van der Waals surface area contributed by atoms with E-state index in [1.807, 2.05) is 0 Å². The normalized spacial score (nSPS) is 11.0. The van der Waals surface area contributed by atoms with Gasteiger partial charge in [-0.1, -0.05) is 0 Å². The molecule has 0 aliphatic rings. The first kappa shape index (κ1) is 24.3. The van der Waals surface area contributed by atoms with Crippen LogP contribution in [0.2, 0.25) is 0 Å². The van der Waals surface area contributed by atoms with Crippen LogP contribution >= 0.6 is 21.6 Å². The molecule has 0 atom stereocenters. The van der Waals surface area contributed by atoms with Crippen molar-refractivity contribution in [3.8, 4) is 0 Å². The van der Waals surface area contributed by atoms with Gasteiger partial charge in [0.1, 0.15) is 0 Å². The average Bonchev–Trinajstić information content (AvgIpc) is 2.42. The minimum Gasteiger partial charge on any atom is -0.739 e. The SMILES string of the molecule is Nc1ccc(SS(=O)(=O)[O-])cc1.Nc1ccc(SS(=O)(=O)[O-])cc1.[Mg+2]. The fourth-order valence-corrected chi connectivity index (χ4v) is 4.33. The molecule has 0 bridgehead atoms. The summed E-state index contributed by atoms with van der Waals surface area (Å²) in [4.78, 5) is 0.749. The zero-order valence-corrected chi connectivity index (χ0v) is 17.2. The number of benzene rings is 2. The summed E-state index contributed by atoms with van der Waals surface area (Å²) in [5.74, 6) is 0. The van der Waals surface area contributed by atoms with Crippen molar-refractivity contribution in [2.75, 3.05) is 11.5 Å². The smallest absolute Gasteiger partial charge is 0.739 e. The summed E-state index contributed by atoms with van der Waals surface area (Å²) < 4.78 is 61.6. The van der Waals surface area contributed by atoms with E-state index in [0.717, 1.165) is 0 Å². The van der Waals surface area contributed by atoms with E-state index in [4.69, 9.17) is 11.5 Å². The van der Waals surface area contributed by atoms with Crippen molar-refractivity contribution in [2.24, 2.45) is 0 Å². The maximum absolute atomic E-state index is 10.3. The third-order valence-electron chi connectivity index (χ3n) is 2.16. The standard InChI is InChI=1S/2C6H7NO3S2.Mg/c2*7-5-1-3-6(4-2-5)11-12(8,9)10;/h2*1-4H,7H2,(H,8,9,10);/q;;+2/p-2. The summed E-state index contributed by atoms with van der Waals surface area (Å²) in [6.45, 7) is 0. The summed E-state index contributed by atoms with van der Waals surface area (Å²) in [7, 11) is -7.99. The van der Waals surface area contributed by atoms with Gasteiger partial charge in [0, 0.05) is 21.2 Å². The van der Waals surface area contributed by atoms with Gasteiger partial charge in [0.25, 0.3) is 0 Å². The van der Waals surface area contributed by atoms with Gasteiger partial charge in [0.05, 0.1) is 0 Å². The van der Waals surface area contributed by atoms with E-state index in [-0.39, 0.29) is 44.6 Å². The maximum atomic E-state index is 10.3. The predicted molar refractivity (Wildman–Crippen MR) is 98.6 cm³/mol. The Kier molecular flexibility index (Phi) is 10.2. The van der Waals surface area contributed by atoms with Crippen molar-refractivity contribution in [3.63, 3.8) is 0 Å². The Morgan fingerprint density at radius 1 is 0.640 bits per heavy atom. The fraction of sp³-hybridized carbons (Fsp3) is 0. The molecule has 132 valence electrons. The van der Waals surface area contributed by atoms with Crippen LogP contribution in [0.15, 0.2) is 58.3 Å². The molecule has 0 amide bonds. The average molecular weight is 433 g/mol. The Morgan fingerprint density at radius 3 is 1.08 bits per heavy atom. The fourth-order valence-electron chi connectivity index (χ4n) is 1.28. The quantitative estimate of drug-likeness (QED) is 0.310. The Labute approximate surface area is 169 Å². The first-order valence-electron chi connectivity index (χ1n) is 5.96. The van der Waals surface area contributed by atoms with Crippen LogP contribution in [0.1, 0.15) is 0 Å². The predicted octanol–water partition coefficient (Wildman–Crippen LogP) is 1.26. The Balaban J connectivity index is 0.000000443. The van der Waals surface area contributed by atoms with Crippen molar-refractivity contribution in [3.05, 3.63) is 48.5 Å². The van der Waals surface area contributed by atoms with Crippen LogP contribution in [0.3, 0.4) is 0 Å². The molecule has 0 saturated carbocycles. The zero-order chi connectivity index (χ0) is 18.4. The summed E-state index contributed by atoms with van der Waals surface area (Å²) in [6, 6.07) is 12.1. The number of rotatable bonds is 4. The Bertz CT molecular complexity index is 795. The van der Waals surface area contributed by atoms with E-state index in [1.165, 1.54) is 48.5 Å². The molecule has 0 aliphatic carbocycles. The third-order valence-corrected chi connectivity index (χ3v) is 5.87. The van der Waals surface area contributed by atoms with Crippen molar-refractivity contribution < 1.29 is 25.9 Å². The Hall–Kier alpha value is -0.674. The van der Waals surface area contributed by atoms with Crippen molar-refractivity contribution >= 4 is 74.3 Å². The molecule has 2 aromatic rings. The van der Waals surface area contributed by atoms with E-state index in [2.05, 4.69) is 0 Å². The van der Waals surface area contributed by atoms with Crippen LogP contribution in [0.4, 0.5) is 11.4 Å². The monoisotopic (exact) mass is 432 g/mol. The molecule has 0 radical (unpaired) electrons. The molecule has 0 heterocycles. The summed E-state index contributed by atoms with van der Waals surface area (Å²) in [5, 5.41) is 0. The zero-order valence-electron chi connectivity index (χ0n) is 12.6. The number of anilines is 2. The van der Waals surface area contributed by atoms with Crippen LogP contribution in [0, 0.1) is 0 Å². The van der Waals surface area contributed by atoms with Crippen molar-refractivity contribution in [1.29, 1.82) is 0 Å². The van der Waals surface area contributed by atoms with Crippen molar-refractivity contribution in [2.45, 2.75) is 9.79 Å². The van der Waals surface area contributed by atoms with Gasteiger partial charge >= 0.3 is 23.1 Å². The van der Waals surface area contributed by atoms with Crippen LogP contribution in [0.25, 0.3) is 0 Å². The topological polar surface area (TPSA) is 166 Å². The molecule has 13 heteroatoms. The van der Waals surface area contributed by atoms with E-state index in [0.29, 0.717) is 21.2 Å². The minimum atomic E-state index is -4.26. The molecular weight excluding hydrogens is 421 g/mol. The van der Waals surface area contributed by atoms with Gasteiger partial charge in [0.2, 0.25) is 0 Å². The molecule has 8 nitrogen and oxygen atoms in total. The summed E-state index contributed by atoms with van der Waals surface area (Å²) in [5.41, 5.74) is 11.8. The van der Waals surface area contributed by atoms with E-state index in [1.54, 1.807) is 0 Å². The molecular formula is C12H12MgN2O6S4. The second kappa shape index (κ2) is 10.5. The number of hydrogen-bond donors (Lipinski definition) is 2. The molecule has 2 rings (SSSR count). The maximum Gasteiger partial charge on any atom is 2.00 e. The minimum absolute atomic E-state index is 0. The first-order chi connectivity index (χ1) is 10.9. The van der Waals surface area contributed by atoms with Crippen LogP contribution in [0.5, 0.6) is 0 Å².